The summed E-state index contributed by atoms with van der Waals surface area (Å²) in [6.45, 7) is -0.00282. The molecule has 0 saturated carbocycles. The van der Waals surface area contributed by atoms with Crippen LogP contribution in [0.1, 0.15) is 22.9 Å². The molecule has 9 heteroatoms. The van der Waals surface area contributed by atoms with Crippen molar-refractivity contribution in [3.05, 3.63) is 120 Å². The van der Waals surface area contributed by atoms with Gasteiger partial charge in [-0.1, -0.05) is 91.0 Å². The lowest BCUT2D eigenvalue weighted by molar-refractivity contribution is -0.0942. The van der Waals surface area contributed by atoms with Crippen molar-refractivity contribution in [2.24, 2.45) is 0 Å². The summed E-state index contributed by atoms with van der Waals surface area (Å²) >= 11 is 0. The Morgan fingerprint density at radius 3 is 1.89 bits per heavy atom. The number of nitrogens with two attached hydrogens (primary N) is 1. The van der Waals surface area contributed by atoms with Crippen LogP contribution in [0.4, 0.5) is 5.82 Å². The number of anilines is 1. The third-order valence-electron chi connectivity index (χ3n) is 7.00. The molecule has 0 spiro atoms. The fourth-order valence-corrected chi connectivity index (χ4v) is 5.13. The molecule has 9 nitrogen and oxygen atoms in total. The normalized spacial score (nSPS) is 21.6. The first kappa shape index (κ1) is 24.2. The summed E-state index contributed by atoms with van der Waals surface area (Å²) in [7, 11) is 0. The van der Waals surface area contributed by atoms with Crippen LogP contribution in [0.25, 0.3) is 11.2 Å². The second-order valence-electron chi connectivity index (χ2n) is 9.22. The number of hydrogen-bond donors (Lipinski definition) is 3. The third-order valence-corrected chi connectivity index (χ3v) is 7.00. The molecule has 2 aromatic heterocycles. The Balaban J connectivity index is 1.36. The Kier molecular flexibility index (Phi) is 6.34. The molecule has 1 aliphatic rings. The average molecular weight is 510 g/mol. The second-order valence-corrected chi connectivity index (χ2v) is 9.22. The number of benzene rings is 3. The van der Waals surface area contributed by atoms with Crippen LogP contribution in [0, 0.1) is 0 Å². The maximum Gasteiger partial charge on any atom is 0.167 e. The zero-order valence-electron chi connectivity index (χ0n) is 20.4. The standard InChI is InChI=1S/C29H27N5O4/c30-26-23-27(32-17-31-26)34(18-33-23)28-25(36)24(35)22(38-28)16-37-29(19-10-4-1-5-11-19,20-12-6-2-7-13-20)21-14-8-3-9-15-21/h1-15,17-18,22,24-25,28,35-36H,16H2,(H2,30,31,32)/t22-,24-,25-,28+/m0/s1. The molecule has 0 unspecified atom stereocenters. The number of fused-ring (bicyclic) bond motifs is 1. The van der Waals surface area contributed by atoms with Crippen molar-refractivity contribution >= 4 is 17.0 Å². The van der Waals surface area contributed by atoms with Crippen LogP contribution in [-0.4, -0.2) is 54.7 Å². The minimum atomic E-state index is -1.24. The van der Waals surface area contributed by atoms with Crippen LogP contribution in [0.5, 0.6) is 0 Å². The van der Waals surface area contributed by atoms with E-state index >= 15 is 0 Å². The Bertz CT molecular complexity index is 1420. The molecule has 38 heavy (non-hydrogen) atoms. The minimum absolute atomic E-state index is 0.00282. The van der Waals surface area contributed by atoms with Crippen molar-refractivity contribution in [1.82, 2.24) is 19.5 Å². The first-order valence-electron chi connectivity index (χ1n) is 12.3. The number of ether oxygens (including phenoxy) is 2. The summed E-state index contributed by atoms with van der Waals surface area (Å²) in [6.07, 6.45) is -1.42. The van der Waals surface area contributed by atoms with E-state index in [1.165, 1.54) is 12.7 Å². The van der Waals surface area contributed by atoms with Crippen LogP contribution in [0.15, 0.2) is 104 Å². The molecular weight excluding hydrogens is 482 g/mol. The van der Waals surface area contributed by atoms with Gasteiger partial charge < -0.3 is 25.4 Å². The highest BCUT2D eigenvalue weighted by Crippen LogP contribution is 2.42. The highest BCUT2D eigenvalue weighted by Gasteiger charge is 2.46. The van der Waals surface area contributed by atoms with Gasteiger partial charge in [0, 0.05) is 0 Å². The van der Waals surface area contributed by atoms with Crippen LogP contribution < -0.4 is 5.73 Å². The van der Waals surface area contributed by atoms with Crippen LogP contribution in [0.2, 0.25) is 0 Å². The number of aliphatic hydroxyl groups excluding tert-OH is 2. The predicted molar refractivity (Wildman–Crippen MR) is 141 cm³/mol. The molecule has 3 aromatic carbocycles. The van der Waals surface area contributed by atoms with Crippen molar-refractivity contribution in [2.45, 2.75) is 30.1 Å². The Morgan fingerprint density at radius 2 is 1.34 bits per heavy atom. The highest BCUT2D eigenvalue weighted by atomic mass is 16.6. The summed E-state index contributed by atoms with van der Waals surface area (Å²) in [4.78, 5) is 12.5. The summed E-state index contributed by atoms with van der Waals surface area (Å²) in [5.41, 5.74) is 8.51. The molecule has 1 saturated heterocycles. The van der Waals surface area contributed by atoms with E-state index in [1.807, 2.05) is 91.0 Å². The zero-order chi connectivity index (χ0) is 26.1. The van der Waals surface area contributed by atoms with Gasteiger partial charge in [0.2, 0.25) is 0 Å². The quantitative estimate of drug-likeness (QED) is 0.286. The number of nitrogens with zero attached hydrogens (tertiary/aromatic N) is 4. The van der Waals surface area contributed by atoms with Crippen molar-refractivity contribution < 1.29 is 19.7 Å². The summed E-state index contributed by atoms with van der Waals surface area (Å²) in [6, 6.07) is 29.8. The van der Waals surface area contributed by atoms with E-state index in [4.69, 9.17) is 15.2 Å². The van der Waals surface area contributed by atoms with E-state index in [0.29, 0.717) is 11.2 Å². The summed E-state index contributed by atoms with van der Waals surface area (Å²) < 4.78 is 14.5. The Hall–Kier alpha value is -4.15. The number of imidazole rings is 1. The molecule has 0 aliphatic carbocycles. The van der Waals surface area contributed by atoms with Gasteiger partial charge in [-0.15, -0.1) is 0 Å². The number of aromatic nitrogens is 4. The molecule has 192 valence electrons. The van der Waals surface area contributed by atoms with Crippen molar-refractivity contribution in [3.8, 4) is 0 Å². The predicted octanol–water partition coefficient (Wildman–Crippen LogP) is 3.04. The van der Waals surface area contributed by atoms with Crippen molar-refractivity contribution in [2.75, 3.05) is 12.3 Å². The molecule has 1 fully saturated rings. The van der Waals surface area contributed by atoms with Crippen LogP contribution in [-0.2, 0) is 15.1 Å². The largest absolute Gasteiger partial charge is 0.387 e. The SMILES string of the molecule is Nc1ncnc2c1ncn2[C@@H]1O[C@@H](COC(c2ccccc2)(c2ccccc2)c2ccccc2)[C@H](O)[C@@H]1O. The molecule has 6 rings (SSSR count). The van der Waals surface area contributed by atoms with E-state index in [1.54, 1.807) is 4.57 Å². The summed E-state index contributed by atoms with van der Waals surface area (Å²) in [5.74, 6) is 0.222. The van der Waals surface area contributed by atoms with Crippen LogP contribution >= 0.6 is 0 Å². The lowest BCUT2D eigenvalue weighted by Gasteiger charge is -2.37. The van der Waals surface area contributed by atoms with E-state index in [9.17, 15) is 10.2 Å². The van der Waals surface area contributed by atoms with Gasteiger partial charge in [-0.05, 0) is 16.7 Å². The number of hydrogen-bond acceptors (Lipinski definition) is 8. The first-order chi connectivity index (χ1) is 18.6. The van der Waals surface area contributed by atoms with E-state index in [2.05, 4.69) is 15.0 Å². The molecular formula is C29H27N5O4. The minimum Gasteiger partial charge on any atom is -0.387 e. The van der Waals surface area contributed by atoms with Gasteiger partial charge in [-0.3, -0.25) is 4.57 Å². The molecule has 4 N–H and O–H groups in total. The fraction of sp³-hybridized carbons (Fsp3) is 0.207. The monoisotopic (exact) mass is 509 g/mol. The van der Waals surface area contributed by atoms with Gasteiger partial charge in [0.25, 0.3) is 0 Å². The molecule has 1 aliphatic heterocycles. The van der Waals surface area contributed by atoms with E-state index in [0.717, 1.165) is 16.7 Å². The maximum absolute atomic E-state index is 11.0. The smallest absolute Gasteiger partial charge is 0.167 e. The molecule has 0 radical (unpaired) electrons. The number of rotatable bonds is 7. The lowest BCUT2D eigenvalue weighted by atomic mass is 9.80. The average Bonchev–Trinajstić information content (AvgIpc) is 3.52. The Labute approximate surface area is 219 Å². The van der Waals surface area contributed by atoms with E-state index < -0.39 is 30.1 Å². The van der Waals surface area contributed by atoms with Gasteiger partial charge in [-0.25, -0.2) is 15.0 Å². The van der Waals surface area contributed by atoms with Gasteiger partial charge in [0.1, 0.15) is 35.8 Å². The lowest BCUT2D eigenvalue weighted by Crippen LogP contribution is -2.39. The number of nitrogen functional groups attached to an aromatic ring is 1. The second kappa shape index (κ2) is 9.96. The van der Waals surface area contributed by atoms with Gasteiger partial charge >= 0.3 is 0 Å². The maximum atomic E-state index is 11.0. The third kappa shape index (κ3) is 4.02. The molecule has 5 aromatic rings. The summed E-state index contributed by atoms with van der Waals surface area (Å²) in [5, 5.41) is 22.0. The van der Waals surface area contributed by atoms with Gasteiger partial charge in [0.05, 0.1) is 12.9 Å². The first-order valence-corrected chi connectivity index (χ1v) is 12.3. The topological polar surface area (TPSA) is 129 Å². The van der Waals surface area contributed by atoms with Crippen molar-refractivity contribution in [1.29, 1.82) is 0 Å². The highest BCUT2D eigenvalue weighted by molar-refractivity contribution is 5.81. The van der Waals surface area contributed by atoms with Gasteiger partial charge in [0.15, 0.2) is 17.7 Å². The molecule has 3 heterocycles. The zero-order valence-corrected chi connectivity index (χ0v) is 20.4. The van der Waals surface area contributed by atoms with E-state index in [-0.39, 0.29) is 12.4 Å². The van der Waals surface area contributed by atoms with Gasteiger partial charge in [-0.2, -0.15) is 0 Å². The molecule has 4 atom stereocenters. The number of aliphatic hydroxyl groups is 2. The van der Waals surface area contributed by atoms with Crippen molar-refractivity contribution in [3.63, 3.8) is 0 Å². The molecule has 0 bridgehead atoms. The Morgan fingerprint density at radius 1 is 0.789 bits per heavy atom. The van der Waals surface area contributed by atoms with Crippen LogP contribution in [0.3, 0.4) is 0 Å². The molecule has 0 amide bonds. The fourth-order valence-electron chi connectivity index (χ4n) is 5.13.